The average molecular weight is 418 g/mol. The summed E-state index contributed by atoms with van der Waals surface area (Å²) in [5.74, 6) is 0.0866. The van der Waals surface area contributed by atoms with Crippen LogP contribution in [0.1, 0.15) is 37.5 Å². The minimum absolute atomic E-state index is 0.0462. The van der Waals surface area contributed by atoms with Gasteiger partial charge in [-0.15, -0.1) is 0 Å². The molecule has 2 fully saturated rings. The fourth-order valence-corrected chi connectivity index (χ4v) is 4.42. The van der Waals surface area contributed by atoms with E-state index in [4.69, 9.17) is 9.15 Å². The van der Waals surface area contributed by atoms with E-state index in [1.54, 1.807) is 6.20 Å². The number of esters is 1. The fourth-order valence-electron chi connectivity index (χ4n) is 4.05. The number of fused-ring (bicyclic) bond motifs is 2. The van der Waals surface area contributed by atoms with Crippen molar-refractivity contribution in [2.24, 2.45) is 5.92 Å². The number of ether oxygens (including phenoxy) is 1. The maximum Gasteiger partial charge on any atom is 0.311 e. The number of hydrogen-bond donors (Lipinski definition) is 0. The van der Waals surface area contributed by atoms with Crippen molar-refractivity contribution in [3.8, 4) is 0 Å². The summed E-state index contributed by atoms with van der Waals surface area (Å²) in [5.41, 5.74) is 0. The number of alkyl halides is 1. The molecule has 0 N–H and O–H groups in total. The van der Waals surface area contributed by atoms with Gasteiger partial charge >= 0.3 is 5.97 Å². The lowest BCUT2D eigenvalue weighted by Gasteiger charge is -2.42. The second-order valence-corrected chi connectivity index (χ2v) is 7.04. The van der Waals surface area contributed by atoms with Gasteiger partial charge in [0.2, 0.25) is 0 Å². The number of piperidine rings is 1. The zero-order chi connectivity index (χ0) is 15.7. The number of carbonyl (C=O) groups is 1. The molecule has 2 aliphatic rings. The van der Waals surface area contributed by atoms with Crippen molar-refractivity contribution in [3.05, 3.63) is 15.9 Å². The molecule has 0 aliphatic carbocycles. The number of aromatic nitrogens is 1. The summed E-state index contributed by atoms with van der Waals surface area (Å²) in [7, 11) is 1.42. The number of halogens is 2. The first-order valence-electron chi connectivity index (χ1n) is 7.66. The van der Waals surface area contributed by atoms with E-state index in [-0.39, 0.29) is 30.5 Å². The standard InChI is InChI=1S/C15H20FIN2O3/c1-21-15(20)13-10(14-18-8-12(17)22-14)7-9-3-4-11(13)19(9)6-2-5-16/h8-11,13H,2-7H2,1H3/i17-4. The summed E-state index contributed by atoms with van der Waals surface area (Å²) >= 11 is 2.08. The third-order valence-electron chi connectivity index (χ3n) is 4.90. The zero-order valence-corrected chi connectivity index (χ0v) is 14.7. The van der Waals surface area contributed by atoms with Crippen LogP contribution in [0.4, 0.5) is 4.39 Å². The van der Waals surface area contributed by atoms with E-state index in [0.29, 0.717) is 24.9 Å². The molecule has 1 aromatic heterocycles. The number of methoxy groups -OCH3 is 1. The van der Waals surface area contributed by atoms with Crippen molar-refractivity contribution in [1.29, 1.82) is 0 Å². The van der Waals surface area contributed by atoms with Crippen molar-refractivity contribution < 1.29 is 18.3 Å². The summed E-state index contributed by atoms with van der Waals surface area (Å²) in [6, 6.07) is 0.485. The molecule has 0 spiro atoms. The van der Waals surface area contributed by atoms with E-state index < -0.39 is 0 Å². The average Bonchev–Trinajstić information content (AvgIpc) is 3.06. The van der Waals surface area contributed by atoms with E-state index in [2.05, 4.69) is 32.5 Å². The molecule has 2 bridgehead atoms. The molecule has 5 nitrogen and oxygen atoms in total. The minimum Gasteiger partial charge on any atom is -0.469 e. The first-order valence-corrected chi connectivity index (χ1v) is 8.74. The molecule has 4 unspecified atom stereocenters. The lowest BCUT2D eigenvalue weighted by atomic mass is 9.79. The van der Waals surface area contributed by atoms with Crippen LogP contribution in [-0.2, 0) is 9.53 Å². The molecule has 0 radical (unpaired) electrons. The highest BCUT2D eigenvalue weighted by molar-refractivity contribution is 14.1. The van der Waals surface area contributed by atoms with Crippen LogP contribution in [0.2, 0.25) is 0 Å². The molecule has 3 rings (SSSR count). The van der Waals surface area contributed by atoms with Crippen LogP contribution in [0.15, 0.2) is 10.6 Å². The number of oxazole rings is 1. The molecule has 3 heterocycles. The van der Waals surface area contributed by atoms with Crippen molar-refractivity contribution in [2.45, 2.75) is 43.7 Å². The van der Waals surface area contributed by atoms with E-state index in [1.165, 1.54) is 7.11 Å². The Morgan fingerprint density at radius 3 is 3.05 bits per heavy atom. The number of hydrogen-bond acceptors (Lipinski definition) is 5. The Bertz CT molecular complexity index is 539. The predicted octanol–water partition coefficient (Wildman–Crippen LogP) is 2.75. The van der Waals surface area contributed by atoms with Gasteiger partial charge in [0.1, 0.15) is 0 Å². The van der Waals surface area contributed by atoms with Crippen molar-refractivity contribution in [3.63, 3.8) is 0 Å². The highest BCUT2D eigenvalue weighted by Crippen LogP contribution is 2.47. The first kappa shape index (κ1) is 16.2. The summed E-state index contributed by atoms with van der Waals surface area (Å²) in [6.07, 6.45) is 5.01. The Morgan fingerprint density at radius 2 is 2.41 bits per heavy atom. The van der Waals surface area contributed by atoms with E-state index >= 15 is 0 Å². The van der Waals surface area contributed by atoms with E-state index in [9.17, 15) is 9.18 Å². The van der Waals surface area contributed by atoms with Gasteiger partial charge in [-0.25, -0.2) is 4.98 Å². The van der Waals surface area contributed by atoms with Crippen molar-refractivity contribution in [2.75, 3.05) is 20.3 Å². The first-order chi connectivity index (χ1) is 10.7. The lowest BCUT2D eigenvalue weighted by molar-refractivity contribution is -0.151. The zero-order valence-electron chi connectivity index (χ0n) is 12.5. The highest BCUT2D eigenvalue weighted by Gasteiger charge is 2.52. The van der Waals surface area contributed by atoms with Gasteiger partial charge in [-0.1, -0.05) is 0 Å². The second kappa shape index (κ2) is 6.82. The highest BCUT2D eigenvalue weighted by atomic mass is 123. The topological polar surface area (TPSA) is 55.6 Å². The number of carbonyl (C=O) groups excluding carboxylic acids is 1. The second-order valence-electron chi connectivity index (χ2n) is 5.97. The SMILES string of the molecule is COC(=O)C1C(c2ncc([123I])o2)CC2CCC1N2CCCF. The fraction of sp³-hybridized carbons (Fsp3) is 0.733. The summed E-state index contributed by atoms with van der Waals surface area (Å²) in [6.45, 7) is 0.384. The molecule has 1 aromatic rings. The Morgan fingerprint density at radius 1 is 1.59 bits per heavy atom. The van der Waals surface area contributed by atoms with Crippen molar-refractivity contribution >= 4 is 28.6 Å². The normalized spacial score (nSPS) is 31.4. The van der Waals surface area contributed by atoms with Gasteiger partial charge in [-0.3, -0.25) is 14.1 Å². The van der Waals surface area contributed by atoms with Crippen molar-refractivity contribution in [1.82, 2.24) is 9.88 Å². The van der Waals surface area contributed by atoms with E-state index in [1.807, 2.05) is 0 Å². The summed E-state index contributed by atoms with van der Waals surface area (Å²) in [4.78, 5) is 19.0. The van der Waals surface area contributed by atoms with Gasteiger partial charge in [0.05, 0.1) is 31.8 Å². The third kappa shape index (κ3) is 2.89. The molecular formula is C15H20FIN2O3. The molecule has 122 valence electrons. The van der Waals surface area contributed by atoms with Gasteiger partial charge in [0, 0.05) is 41.2 Å². The van der Waals surface area contributed by atoms with Gasteiger partial charge < -0.3 is 9.15 Å². The molecule has 7 heteroatoms. The maximum absolute atomic E-state index is 12.5. The minimum atomic E-state index is -0.319. The van der Waals surface area contributed by atoms with Crippen LogP contribution in [0.25, 0.3) is 0 Å². The largest absolute Gasteiger partial charge is 0.469 e. The Balaban J connectivity index is 1.87. The number of nitrogens with zero attached hydrogens (tertiary/aromatic N) is 2. The quantitative estimate of drug-likeness (QED) is 0.544. The number of rotatable bonds is 5. The molecule has 0 saturated carbocycles. The lowest BCUT2D eigenvalue weighted by Crippen LogP contribution is -2.51. The van der Waals surface area contributed by atoms with E-state index in [0.717, 1.165) is 23.0 Å². The molecule has 2 aliphatic heterocycles. The Labute approximate surface area is 142 Å². The Kier molecular flexibility index (Phi) is 5.01. The monoisotopic (exact) mass is 418 g/mol. The van der Waals surface area contributed by atoms with Crippen LogP contribution in [0, 0.1) is 9.68 Å². The van der Waals surface area contributed by atoms with Gasteiger partial charge in [-0.05, 0) is 25.7 Å². The molecule has 0 amide bonds. The van der Waals surface area contributed by atoms with Gasteiger partial charge in [-0.2, -0.15) is 0 Å². The Hall–Kier alpha value is -0.700. The maximum atomic E-state index is 12.5. The van der Waals surface area contributed by atoms with Crippen LogP contribution in [0.3, 0.4) is 0 Å². The van der Waals surface area contributed by atoms with Gasteiger partial charge in [0.25, 0.3) is 0 Å². The van der Waals surface area contributed by atoms with Gasteiger partial charge in [0.15, 0.2) is 9.66 Å². The van der Waals surface area contributed by atoms with Crippen LogP contribution < -0.4 is 0 Å². The van der Waals surface area contributed by atoms with Crippen LogP contribution in [0.5, 0.6) is 0 Å². The molecule has 22 heavy (non-hydrogen) atoms. The molecule has 2 saturated heterocycles. The molecule has 4 atom stereocenters. The molecular weight excluding hydrogens is 398 g/mol. The predicted molar refractivity (Wildman–Crippen MR) is 86.2 cm³/mol. The summed E-state index contributed by atoms with van der Waals surface area (Å²) in [5, 5.41) is 0. The van der Waals surface area contributed by atoms with Crippen LogP contribution in [-0.4, -0.2) is 48.3 Å². The molecule has 0 aromatic carbocycles. The smallest absolute Gasteiger partial charge is 0.311 e. The summed E-state index contributed by atoms with van der Waals surface area (Å²) < 4.78 is 24.0. The van der Waals surface area contributed by atoms with Crippen LogP contribution >= 0.6 is 22.6 Å². The third-order valence-corrected chi connectivity index (χ3v) is 5.40.